The van der Waals surface area contributed by atoms with Crippen LogP contribution in [0.25, 0.3) is 122 Å². The van der Waals surface area contributed by atoms with Crippen LogP contribution in [0.5, 0.6) is 0 Å². The van der Waals surface area contributed by atoms with Gasteiger partial charge in [-0.05, 0) is 92.3 Å². The zero-order valence-electron chi connectivity index (χ0n) is 31.1. The van der Waals surface area contributed by atoms with Crippen LogP contribution in [0.15, 0.2) is 197 Å². The van der Waals surface area contributed by atoms with Crippen molar-refractivity contribution >= 4 is 65.4 Å². The minimum absolute atomic E-state index is 0.578. The first-order valence-electron chi connectivity index (χ1n) is 19.4. The van der Waals surface area contributed by atoms with E-state index in [0.717, 1.165) is 77.3 Å². The second-order valence-electron chi connectivity index (χ2n) is 14.8. The predicted molar refractivity (Wildman–Crippen MR) is 237 cm³/mol. The first-order chi connectivity index (χ1) is 28.7. The molecular formula is C53H31N3O2. The Morgan fingerprint density at radius 1 is 0.276 bits per heavy atom. The van der Waals surface area contributed by atoms with Gasteiger partial charge in [0.1, 0.15) is 22.3 Å². The Labute approximate surface area is 332 Å². The van der Waals surface area contributed by atoms with Crippen molar-refractivity contribution in [1.29, 1.82) is 0 Å². The maximum Gasteiger partial charge on any atom is 0.164 e. The van der Waals surface area contributed by atoms with Crippen LogP contribution in [-0.2, 0) is 0 Å². The number of furan rings is 2. The van der Waals surface area contributed by atoms with E-state index in [2.05, 4.69) is 127 Å². The number of aromatic nitrogens is 3. The largest absolute Gasteiger partial charge is 0.456 e. The van der Waals surface area contributed by atoms with Crippen LogP contribution in [0.2, 0.25) is 0 Å². The molecule has 0 fully saturated rings. The average molecular weight is 742 g/mol. The smallest absolute Gasteiger partial charge is 0.164 e. The monoisotopic (exact) mass is 741 g/mol. The summed E-state index contributed by atoms with van der Waals surface area (Å²) in [4.78, 5) is 15.2. The van der Waals surface area contributed by atoms with Crippen molar-refractivity contribution in [3.05, 3.63) is 188 Å². The number of fused-ring (bicyclic) bond motifs is 9. The number of nitrogens with zero attached hydrogens (tertiary/aromatic N) is 3. The van der Waals surface area contributed by atoms with Crippen molar-refractivity contribution in [3.8, 4) is 56.4 Å². The highest BCUT2D eigenvalue weighted by Crippen LogP contribution is 2.40. The molecule has 0 saturated heterocycles. The first-order valence-corrected chi connectivity index (χ1v) is 19.4. The van der Waals surface area contributed by atoms with E-state index in [1.54, 1.807) is 0 Å². The lowest BCUT2D eigenvalue weighted by Gasteiger charge is -2.10. The first kappa shape index (κ1) is 32.4. The molecule has 5 heteroatoms. The van der Waals surface area contributed by atoms with E-state index < -0.39 is 0 Å². The SMILES string of the molecule is c1ccc(-c2nc(-c3cccc(-c4cccc5oc6ccc(-c7ccc8ccc9ccccc9c8c7)cc6c45)c3)nc(-c3ccc4c(c3)oc3ccccc34)n2)cc1. The van der Waals surface area contributed by atoms with Crippen LogP contribution >= 0.6 is 0 Å². The molecule has 0 radical (unpaired) electrons. The van der Waals surface area contributed by atoms with E-state index in [0.29, 0.717) is 17.5 Å². The van der Waals surface area contributed by atoms with Crippen molar-refractivity contribution in [3.63, 3.8) is 0 Å². The van der Waals surface area contributed by atoms with Gasteiger partial charge < -0.3 is 8.83 Å². The van der Waals surface area contributed by atoms with Crippen molar-refractivity contribution in [2.24, 2.45) is 0 Å². The Balaban J connectivity index is 0.988. The standard InChI is InChI=1S/C53H31N3O2/c1-2-11-34(12-3-1)51-54-52(56-53(55-51)39-24-26-43-42-16-6-7-18-46(42)58-49(43)31-39)38-14-8-13-37(28-38)41-17-9-19-48-50(41)45-30-36(25-27-47(45)57-48)35-23-22-33-21-20-32-10-4-5-15-40(32)44(33)29-35/h1-31H. The predicted octanol–water partition coefficient (Wildman–Crippen LogP) is 14.3. The second-order valence-corrected chi connectivity index (χ2v) is 14.8. The summed E-state index contributed by atoms with van der Waals surface area (Å²) in [5.74, 6) is 1.77. The molecule has 0 aliphatic heterocycles. The van der Waals surface area contributed by atoms with Gasteiger partial charge >= 0.3 is 0 Å². The van der Waals surface area contributed by atoms with Crippen molar-refractivity contribution in [2.45, 2.75) is 0 Å². The van der Waals surface area contributed by atoms with Gasteiger partial charge in [0.2, 0.25) is 0 Å². The molecule has 12 rings (SSSR count). The number of para-hydroxylation sites is 1. The van der Waals surface area contributed by atoms with Gasteiger partial charge in [-0.15, -0.1) is 0 Å². The number of hydrogen-bond acceptors (Lipinski definition) is 5. The molecule has 0 atom stereocenters. The zero-order chi connectivity index (χ0) is 38.2. The van der Waals surface area contributed by atoms with E-state index in [-0.39, 0.29) is 0 Å². The normalized spacial score (nSPS) is 11.8. The van der Waals surface area contributed by atoms with Crippen LogP contribution in [0.1, 0.15) is 0 Å². The Kier molecular flexibility index (Phi) is 7.16. The van der Waals surface area contributed by atoms with Crippen molar-refractivity contribution < 1.29 is 8.83 Å². The molecule has 0 N–H and O–H groups in total. The van der Waals surface area contributed by atoms with Gasteiger partial charge in [-0.3, -0.25) is 0 Å². The molecule has 0 bridgehead atoms. The highest BCUT2D eigenvalue weighted by atomic mass is 16.3. The average Bonchev–Trinajstić information content (AvgIpc) is 3.87. The zero-order valence-corrected chi connectivity index (χ0v) is 31.1. The van der Waals surface area contributed by atoms with Crippen LogP contribution < -0.4 is 0 Å². The molecule has 270 valence electrons. The number of benzene rings is 9. The van der Waals surface area contributed by atoms with Crippen molar-refractivity contribution in [2.75, 3.05) is 0 Å². The molecule has 0 aliphatic carbocycles. The number of hydrogen-bond donors (Lipinski definition) is 0. The van der Waals surface area contributed by atoms with Crippen LogP contribution in [0.4, 0.5) is 0 Å². The molecule has 12 aromatic rings. The minimum atomic E-state index is 0.578. The van der Waals surface area contributed by atoms with Gasteiger partial charge in [0, 0.05) is 38.2 Å². The van der Waals surface area contributed by atoms with E-state index in [4.69, 9.17) is 23.8 Å². The molecule has 5 nitrogen and oxygen atoms in total. The van der Waals surface area contributed by atoms with Gasteiger partial charge in [-0.1, -0.05) is 140 Å². The van der Waals surface area contributed by atoms with Crippen LogP contribution in [0.3, 0.4) is 0 Å². The maximum absolute atomic E-state index is 6.49. The van der Waals surface area contributed by atoms with Gasteiger partial charge in [0.05, 0.1) is 0 Å². The maximum atomic E-state index is 6.49. The highest BCUT2D eigenvalue weighted by molar-refractivity contribution is 6.14. The molecule has 58 heavy (non-hydrogen) atoms. The molecule has 3 aromatic heterocycles. The van der Waals surface area contributed by atoms with Gasteiger partial charge in [-0.25, -0.2) is 15.0 Å². The Morgan fingerprint density at radius 2 is 0.828 bits per heavy atom. The summed E-state index contributed by atoms with van der Waals surface area (Å²) in [6, 6.07) is 65.3. The third kappa shape index (κ3) is 5.29. The van der Waals surface area contributed by atoms with E-state index >= 15 is 0 Å². The molecule has 0 aliphatic rings. The Morgan fingerprint density at radius 3 is 1.69 bits per heavy atom. The Hall–Kier alpha value is -7.89. The molecule has 0 saturated carbocycles. The molecular weight excluding hydrogens is 711 g/mol. The van der Waals surface area contributed by atoms with E-state index in [1.165, 1.54) is 27.1 Å². The third-order valence-corrected chi connectivity index (χ3v) is 11.3. The molecule has 9 aromatic carbocycles. The quantitative estimate of drug-likeness (QED) is 0.164. The lowest BCUT2D eigenvalue weighted by atomic mass is 9.95. The summed E-state index contributed by atoms with van der Waals surface area (Å²) in [6.45, 7) is 0. The fourth-order valence-electron chi connectivity index (χ4n) is 8.47. The fourth-order valence-corrected chi connectivity index (χ4v) is 8.47. The second kappa shape index (κ2) is 12.8. The molecule has 0 amide bonds. The van der Waals surface area contributed by atoms with E-state index in [1.807, 2.05) is 60.7 Å². The lowest BCUT2D eigenvalue weighted by Crippen LogP contribution is -2.00. The summed E-state index contributed by atoms with van der Waals surface area (Å²) in [7, 11) is 0. The summed E-state index contributed by atoms with van der Waals surface area (Å²) in [5, 5.41) is 9.26. The third-order valence-electron chi connectivity index (χ3n) is 11.3. The topological polar surface area (TPSA) is 65.0 Å². The fraction of sp³-hybridized carbons (Fsp3) is 0. The van der Waals surface area contributed by atoms with Crippen LogP contribution in [-0.4, -0.2) is 15.0 Å². The molecule has 0 spiro atoms. The van der Waals surface area contributed by atoms with Gasteiger partial charge in [0.25, 0.3) is 0 Å². The highest BCUT2D eigenvalue weighted by Gasteiger charge is 2.18. The van der Waals surface area contributed by atoms with E-state index in [9.17, 15) is 0 Å². The van der Waals surface area contributed by atoms with Crippen molar-refractivity contribution in [1.82, 2.24) is 15.0 Å². The summed E-state index contributed by atoms with van der Waals surface area (Å²) >= 11 is 0. The number of rotatable bonds is 5. The molecule has 0 unspecified atom stereocenters. The Bertz CT molecular complexity index is 3580. The summed E-state index contributed by atoms with van der Waals surface area (Å²) in [5.41, 5.74) is 10.4. The molecule has 3 heterocycles. The van der Waals surface area contributed by atoms with Gasteiger partial charge in [0.15, 0.2) is 17.5 Å². The van der Waals surface area contributed by atoms with Gasteiger partial charge in [-0.2, -0.15) is 0 Å². The summed E-state index contributed by atoms with van der Waals surface area (Å²) < 4.78 is 12.7. The lowest BCUT2D eigenvalue weighted by molar-refractivity contribution is 0.668. The summed E-state index contributed by atoms with van der Waals surface area (Å²) in [6.07, 6.45) is 0. The minimum Gasteiger partial charge on any atom is -0.456 e. The van der Waals surface area contributed by atoms with Crippen LogP contribution in [0, 0.1) is 0 Å².